The van der Waals surface area contributed by atoms with Crippen molar-refractivity contribution >= 4 is 40.9 Å². The van der Waals surface area contributed by atoms with Crippen LogP contribution in [-0.4, -0.2) is 63.9 Å². The molecule has 31 heavy (non-hydrogen) atoms. The Morgan fingerprint density at radius 3 is 2.52 bits per heavy atom. The second-order valence-corrected chi connectivity index (χ2v) is 8.71. The molecule has 0 radical (unpaired) electrons. The number of carbonyl (C=O) groups excluding carboxylic acids is 2. The van der Waals surface area contributed by atoms with Gasteiger partial charge in [0, 0.05) is 44.3 Å². The molecule has 2 aromatic rings. The summed E-state index contributed by atoms with van der Waals surface area (Å²) in [4.78, 5) is 41.9. The highest BCUT2D eigenvalue weighted by Gasteiger charge is 2.46. The lowest BCUT2D eigenvalue weighted by Crippen LogP contribution is -2.56. The Kier molecular flexibility index (Phi) is 5.13. The minimum Gasteiger partial charge on any atom is -0.354 e. The van der Waals surface area contributed by atoms with Crippen LogP contribution in [0.15, 0.2) is 24.5 Å². The van der Waals surface area contributed by atoms with Gasteiger partial charge in [0.25, 0.3) is 5.91 Å². The zero-order valence-corrected chi connectivity index (χ0v) is 18.0. The van der Waals surface area contributed by atoms with Gasteiger partial charge in [-0.15, -0.1) is 0 Å². The van der Waals surface area contributed by atoms with Gasteiger partial charge in [0.15, 0.2) is 0 Å². The van der Waals surface area contributed by atoms with Crippen molar-refractivity contribution in [2.45, 2.75) is 37.8 Å². The van der Waals surface area contributed by atoms with E-state index in [0.717, 1.165) is 44.6 Å². The van der Waals surface area contributed by atoms with E-state index in [2.05, 4.69) is 35.4 Å². The fourth-order valence-corrected chi connectivity index (χ4v) is 4.75. The standard InChI is InChI=1S/C21H24ClN7O2/c1-23-19(30)18-16(22)8-13(9-25-18)26-21-24-7-6-17(27-21)28-10-14-4-5-15(11-28)29(14)20(31)12-2-3-12/h6-9,12,14-15H,2-5,10-11H2,1H3,(H,23,30)(H,24,26,27)/t14-,15?/m0/s1. The number of nitrogens with one attached hydrogen (secondary N) is 2. The van der Waals surface area contributed by atoms with E-state index in [4.69, 9.17) is 11.6 Å². The number of hydrogen-bond donors (Lipinski definition) is 2. The highest BCUT2D eigenvalue weighted by Crippen LogP contribution is 2.38. The van der Waals surface area contributed by atoms with Crippen molar-refractivity contribution in [1.82, 2.24) is 25.2 Å². The van der Waals surface area contributed by atoms with E-state index in [9.17, 15) is 9.59 Å². The van der Waals surface area contributed by atoms with Crippen LogP contribution in [0.1, 0.15) is 36.2 Å². The molecule has 3 fully saturated rings. The number of halogens is 1. The van der Waals surface area contributed by atoms with Crippen LogP contribution in [0.2, 0.25) is 5.02 Å². The minimum absolute atomic E-state index is 0.165. The highest BCUT2D eigenvalue weighted by atomic mass is 35.5. The van der Waals surface area contributed by atoms with Gasteiger partial charge in [-0.2, -0.15) is 4.98 Å². The second kappa shape index (κ2) is 7.96. The quantitative estimate of drug-likeness (QED) is 0.733. The molecule has 162 valence electrons. The number of piperazine rings is 1. The van der Waals surface area contributed by atoms with Crippen molar-refractivity contribution in [3.05, 3.63) is 35.2 Å². The first-order valence-electron chi connectivity index (χ1n) is 10.6. The van der Waals surface area contributed by atoms with Gasteiger partial charge in [-0.3, -0.25) is 9.59 Å². The lowest BCUT2D eigenvalue weighted by molar-refractivity contribution is -0.135. The average Bonchev–Trinajstić information content (AvgIpc) is 3.58. The van der Waals surface area contributed by atoms with Crippen LogP contribution in [0.4, 0.5) is 17.5 Å². The van der Waals surface area contributed by atoms with E-state index < -0.39 is 0 Å². The predicted octanol–water partition coefficient (Wildman–Crippen LogP) is 2.22. The Balaban J connectivity index is 1.29. The van der Waals surface area contributed by atoms with E-state index >= 15 is 0 Å². The maximum absolute atomic E-state index is 12.7. The summed E-state index contributed by atoms with van der Waals surface area (Å²) in [6.07, 6.45) is 7.43. The number of pyridine rings is 1. The third-order valence-corrected chi connectivity index (χ3v) is 6.46. The van der Waals surface area contributed by atoms with E-state index in [1.807, 2.05) is 6.07 Å². The Bertz CT molecular complexity index is 1010. The number of anilines is 3. The molecule has 2 aliphatic heterocycles. The molecular weight excluding hydrogens is 418 g/mol. The number of carbonyl (C=O) groups is 2. The molecule has 10 heteroatoms. The molecule has 0 spiro atoms. The fourth-order valence-electron chi connectivity index (χ4n) is 4.50. The lowest BCUT2D eigenvalue weighted by atomic mass is 10.1. The topological polar surface area (TPSA) is 103 Å². The van der Waals surface area contributed by atoms with Gasteiger partial charge in [0.1, 0.15) is 11.5 Å². The molecule has 2 amide bonds. The first-order chi connectivity index (χ1) is 15.0. The molecule has 5 rings (SSSR count). The number of aromatic nitrogens is 3. The van der Waals surface area contributed by atoms with Gasteiger partial charge in [0.05, 0.1) is 16.9 Å². The van der Waals surface area contributed by atoms with Crippen LogP contribution in [0.5, 0.6) is 0 Å². The van der Waals surface area contributed by atoms with Crippen LogP contribution in [0.25, 0.3) is 0 Å². The summed E-state index contributed by atoms with van der Waals surface area (Å²) < 4.78 is 0. The van der Waals surface area contributed by atoms with Crippen molar-refractivity contribution in [3.63, 3.8) is 0 Å². The van der Waals surface area contributed by atoms with Crippen molar-refractivity contribution in [3.8, 4) is 0 Å². The second-order valence-electron chi connectivity index (χ2n) is 8.31. The number of hydrogen-bond acceptors (Lipinski definition) is 7. The monoisotopic (exact) mass is 441 g/mol. The van der Waals surface area contributed by atoms with Crippen LogP contribution in [0.3, 0.4) is 0 Å². The van der Waals surface area contributed by atoms with Crippen LogP contribution in [-0.2, 0) is 4.79 Å². The molecule has 4 heterocycles. The van der Waals surface area contributed by atoms with E-state index in [1.54, 1.807) is 12.3 Å². The Labute approximate surface area is 185 Å². The molecule has 0 aromatic carbocycles. The molecule has 1 aliphatic carbocycles. The lowest BCUT2D eigenvalue weighted by Gasteiger charge is -2.41. The van der Waals surface area contributed by atoms with Crippen molar-refractivity contribution in [1.29, 1.82) is 0 Å². The van der Waals surface area contributed by atoms with Crippen LogP contribution < -0.4 is 15.5 Å². The van der Waals surface area contributed by atoms with E-state index in [1.165, 1.54) is 13.2 Å². The van der Waals surface area contributed by atoms with Crippen molar-refractivity contribution < 1.29 is 9.59 Å². The summed E-state index contributed by atoms with van der Waals surface area (Å²) in [7, 11) is 1.53. The van der Waals surface area contributed by atoms with Gasteiger partial charge < -0.3 is 20.4 Å². The SMILES string of the molecule is CNC(=O)c1ncc(Nc2nccc(N3CC4CC[C@@H](C3)N4C(=O)C3CC3)n2)cc1Cl. The summed E-state index contributed by atoms with van der Waals surface area (Å²) in [5.74, 6) is 1.52. The van der Waals surface area contributed by atoms with Crippen LogP contribution >= 0.6 is 11.6 Å². The maximum atomic E-state index is 12.7. The number of fused-ring (bicyclic) bond motifs is 2. The van der Waals surface area contributed by atoms with Gasteiger partial charge in [-0.05, 0) is 37.8 Å². The largest absolute Gasteiger partial charge is 0.354 e. The normalized spacial score (nSPS) is 22.4. The smallest absolute Gasteiger partial charge is 0.271 e. The predicted molar refractivity (Wildman–Crippen MR) is 117 cm³/mol. The third kappa shape index (κ3) is 3.89. The minimum atomic E-state index is -0.344. The number of amides is 2. The number of nitrogens with zero attached hydrogens (tertiary/aromatic N) is 5. The summed E-state index contributed by atoms with van der Waals surface area (Å²) in [6, 6.07) is 4.04. The molecule has 2 N–H and O–H groups in total. The molecule has 2 aromatic heterocycles. The molecule has 3 aliphatic rings. The van der Waals surface area contributed by atoms with Gasteiger partial charge in [0.2, 0.25) is 11.9 Å². The van der Waals surface area contributed by atoms with Gasteiger partial charge >= 0.3 is 0 Å². The molecule has 1 saturated carbocycles. The Morgan fingerprint density at radius 2 is 1.87 bits per heavy atom. The first-order valence-corrected chi connectivity index (χ1v) is 11.0. The van der Waals surface area contributed by atoms with Crippen LogP contribution in [0, 0.1) is 5.92 Å². The molecule has 2 saturated heterocycles. The van der Waals surface area contributed by atoms with Crippen molar-refractivity contribution in [2.75, 3.05) is 30.4 Å². The highest BCUT2D eigenvalue weighted by molar-refractivity contribution is 6.33. The van der Waals surface area contributed by atoms with Crippen molar-refractivity contribution in [2.24, 2.45) is 5.92 Å². The molecule has 1 unspecified atom stereocenters. The molecule has 9 nitrogen and oxygen atoms in total. The Hall–Kier alpha value is -2.94. The summed E-state index contributed by atoms with van der Waals surface area (Å²) in [6.45, 7) is 1.58. The third-order valence-electron chi connectivity index (χ3n) is 6.17. The molecule has 2 bridgehead atoms. The summed E-state index contributed by atoms with van der Waals surface area (Å²) >= 11 is 6.18. The van der Waals surface area contributed by atoms with Gasteiger partial charge in [-0.1, -0.05) is 11.6 Å². The first kappa shape index (κ1) is 20.0. The van der Waals surface area contributed by atoms with Gasteiger partial charge in [-0.25, -0.2) is 9.97 Å². The summed E-state index contributed by atoms with van der Waals surface area (Å²) in [5.41, 5.74) is 0.758. The van der Waals surface area contributed by atoms with E-state index in [-0.39, 0.29) is 34.6 Å². The zero-order valence-electron chi connectivity index (χ0n) is 17.2. The summed E-state index contributed by atoms with van der Waals surface area (Å²) in [5, 5.41) is 5.85. The average molecular weight is 442 g/mol. The molecular formula is C21H24ClN7O2. The zero-order chi connectivity index (χ0) is 21.5. The molecule has 2 atom stereocenters. The van der Waals surface area contributed by atoms with E-state index in [0.29, 0.717) is 17.5 Å². The fraction of sp³-hybridized carbons (Fsp3) is 0.476. The Morgan fingerprint density at radius 1 is 1.13 bits per heavy atom. The number of rotatable bonds is 5. The maximum Gasteiger partial charge on any atom is 0.271 e.